The van der Waals surface area contributed by atoms with Crippen molar-refractivity contribution in [2.45, 2.75) is 58.7 Å². The van der Waals surface area contributed by atoms with Crippen molar-refractivity contribution in [1.29, 1.82) is 0 Å². The zero-order chi connectivity index (χ0) is 13.8. The van der Waals surface area contributed by atoms with Crippen LogP contribution in [0.15, 0.2) is 6.33 Å². The molecule has 1 atom stereocenters. The average Bonchev–Trinajstić information content (AvgIpc) is 2.73. The number of nitrogens with two attached hydrogens (primary N) is 1. The second kappa shape index (κ2) is 6.26. The molecule has 0 amide bonds. The summed E-state index contributed by atoms with van der Waals surface area (Å²) in [6.45, 7) is 10.8. The van der Waals surface area contributed by atoms with Crippen LogP contribution in [-0.4, -0.2) is 33.0 Å². The molecule has 0 spiro atoms. The Balaban J connectivity index is 2.82. The Morgan fingerprint density at radius 3 is 2.67 bits per heavy atom. The lowest BCUT2D eigenvalue weighted by atomic mass is 9.95. The van der Waals surface area contributed by atoms with Crippen LogP contribution in [0.3, 0.4) is 0 Å². The van der Waals surface area contributed by atoms with Gasteiger partial charge in [0.2, 0.25) is 0 Å². The smallest absolute Gasteiger partial charge is 0.138 e. The first kappa shape index (κ1) is 15.1. The van der Waals surface area contributed by atoms with Gasteiger partial charge in [-0.15, -0.1) is 0 Å². The number of aromatic nitrogens is 3. The van der Waals surface area contributed by atoms with Crippen LogP contribution in [-0.2, 0) is 11.2 Å². The molecule has 1 unspecified atom stereocenters. The molecule has 0 aliphatic heterocycles. The van der Waals surface area contributed by atoms with Crippen molar-refractivity contribution in [1.82, 2.24) is 20.2 Å². The molecule has 1 heterocycles. The molecule has 18 heavy (non-hydrogen) atoms. The summed E-state index contributed by atoms with van der Waals surface area (Å²) in [7, 11) is 0. The number of hydrogen-bond acceptors (Lipinski definition) is 5. The monoisotopic (exact) mass is 255 g/mol. The SMILES string of the molecule is CCOC(C)(C)C(Cc1ncnn1C(C)C)NN. The van der Waals surface area contributed by atoms with Gasteiger partial charge in [0.1, 0.15) is 12.2 Å². The first-order chi connectivity index (χ1) is 8.42. The number of ether oxygens (including phenoxy) is 1. The van der Waals surface area contributed by atoms with Crippen LogP contribution in [0.25, 0.3) is 0 Å². The summed E-state index contributed by atoms with van der Waals surface area (Å²) in [4.78, 5) is 4.30. The molecule has 0 aliphatic carbocycles. The summed E-state index contributed by atoms with van der Waals surface area (Å²) in [5.74, 6) is 6.56. The number of hydrazine groups is 1. The highest BCUT2D eigenvalue weighted by atomic mass is 16.5. The maximum absolute atomic E-state index is 5.73. The van der Waals surface area contributed by atoms with Crippen LogP contribution < -0.4 is 11.3 Å². The third kappa shape index (κ3) is 3.51. The Morgan fingerprint density at radius 2 is 2.17 bits per heavy atom. The maximum atomic E-state index is 5.73. The lowest BCUT2D eigenvalue weighted by Crippen LogP contribution is -2.53. The minimum absolute atomic E-state index is 0.0147. The molecule has 0 radical (unpaired) electrons. The molecule has 1 rings (SSSR count). The van der Waals surface area contributed by atoms with Crippen molar-refractivity contribution in [2.75, 3.05) is 6.61 Å². The Kier molecular flexibility index (Phi) is 5.25. The van der Waals surface area contributed by atoms with Gasteiger partial charge in [-0.25, -0.2) is 9.67 Å². The molecule has 104 valence electrons. The van der Waals surface area contributed by atoms with Gasteiger partial charge in [-0.3, -0.25) is 11.3 Å². The molecule has 1 aromatic rings. The van der Waals surface area contributed by atoms with Gasteiger partial charge in [0.25, 0.3) is 0 Å². The predicted octanol–water partition coefficient (Wildman–Crippen LogP) is 1.05. The van der Waals surface area contributed by atoms with E-state index in [1.54, 1.807) is 6.33 Å². The molecule has 6 nitrogen and oxygen atoms in total. The molecule has 0 fully saturated rings. The zero-order valence-electron chi connectivity index (χ0n) is 12.0. The molecule has 0 aliphatic rings. The lowest BCUT2D eigenvalue weighted by molar-refractivity contribution is -0.0387. The average molecular weight is 255 g/mol. The number of nitrogens with one attached hydrogen (secondary N) is 1. The van der Waals surface area contributed by atoms with Crippen LogP contribution >= 0.6 is 0 Å². The third-order valence-electron chi connectivity index (χ3n) is 3.08. The largest absolute Gasteiger partial charge is 0.374 e. The summed E-state index contributed by atoms with van der Waals surface area (Å²) >= 11 is 0. The minimum atomic E-state index is -0.350. The normalized spacial score (nSPS) is 14.2. The van der Waals surface area contributed by atoms with Gasteiger partial charge in [-0.2, -0.15) is 5.10 Å². The third-order valence-corrected chi connectivity index (χ3v) is 3.08. The van der Waals surface area contributed by atoms with Crippen molar-refractivity contribution in [3.05, 3.63) is 12.2 Å². The van der Waals surface area contributed by atoms with Gasteiger partial charge < -0.3 is 4.74 Å². The number of hydrogen-bond donors (Lipinski definition) is 2. The van der Waals surface area contributed by atoms with E-state index >= 15 is 0 Å². The molecule has 0 saturated heterocycles. The van der Waals surface area contributed by atoms with E-state index in [0.717, 1.165) is 5.82 Å². The Labute approximate surface area is 109 Å². The quantitative estimate of drug-likeness (QED) is 0.562. The lowest BCUT2D eigenvalue weighted by Gasteiger charge is -2.33. The number of rotatable bonds is 7. The summed E-state index contributed by atoms with van der Waals surface area (Å²) < 4.78 is 7.64. The summed E-state index contributed by atoms with van der Waals surface area (Å²) in [5, 5.41) is 4.23. The van der Waals surface area contributed by atoms with Crippen molar-refractivity contribution >= 4 is 0 Å². The first-order valence-corrected chi connectivity index (χ1v) is 6.40. The van der Waals surface area contributed by atoms with Crippen molar-refractivity contribution in [3.8, 4) is 0 Å². The number of nitrogens with zero attached hydrogens (tertiary/aromatic N) is 3. The van der Waals surface area contributed by atoms with Crippen molar-refractivity contribution in [3.63, 3.8) is 0 Å². The molecule has 0 bridgehead atoms. The summed E-state index contributed by atoms with van der Waals surface area (Å²) in [6, 6.07) is 0.273. The van der Waals surface area contributed by atoms with Crippen LogP contribution in [0.5, 0.6) is 0 Å². The van der Waals surface area contributed by atoms with Crippen LogP contribution in [0.1, 0.15) is 46.5 Å². The molecule has 0 saturated carbocycles. The zero-order valence-corrected chi connectivity index (χ0v) is 12.0. The predicted molar refractivity (Wildman–Crippen MR) is 70.9 cm³/mol. The molecular formula is C12H25N5O. The summed E-state index contributed by atoms with van der Waals surface area (Å²) in [6.07, 6.45) is 2.26. The molecule has 6 heteroatoms. The second-order valence-corrected chi connectivity index (χ2v) is 5.17. The molecular weight excluding hydrogens is 230 g/mol. The molecule has 0 aromatic carbocycles. The van der Waals surface area contributed by atoms with E-state index in [2.05, 4.69) is 29.4 Å². The van der Waals surface area contributed by atoms with E-state index in [4.69, 9.17) is 10.6 Å². The van der Waals surface area contributed by atoms with E-state index in [-0.39, 0.29) is 17.7 Å². The van der Waals surface area contributed by atoms with E-state index in [9.17, 15) is 0 Å². The van der Waals surface area contributed by atoms with Gasteiger partial charge in [0.15, 0.2) is 0 Å². The second-order valence-electron chi connectivity index (χ2n) is 5.17. The van der Waals surface area contributed by atoms with E-state index < -0.39 is 0 Å². The topological polar surface area (TPSA) is 78.0 Å². The fraction of sp³-hybridized carbons (Fsp3) is 0.833. The van der Waals surface area contributed by atoms with Gasteiger partial charge in [-0.1, -0.05) is 0 Å². The van der Waals surface area contributed by atoms with Crippen LogP contribution in [0.2, 0.25) is 0 Å². The Morgan fingerprint density at radius 1 is 1.50 bits per heavy atom. The van der Waals surface area contributed by atoms with Gasteiger partial charge in [0, 0.05) is 19.1 Å². The highest BCUT2D eigenvalue weighted by Gasteiger charge is 2.30. The van der Waals surface area contributed by atoms with Gasteiger partial charge in [-0.05, 0) is 34.6 Å². The Hall–Kier alpha value is -0.980. The van der Waals surface area contributed by atoms with E-state index in [0.29, 0.717) is 13.0 Å². The summed E-state index contributed by atoms with van der Waals surface area (Å²) in [5.41, 5.74) is 2.48. The first-order valence-electron chi connectivity index (χ1n) is 6.40. The van der Waals surface area contributed by atoms with E-state index in [1.807, 2.05) is 25.5 Å². The molecule has 1 aromatic heterocycles. The fourth-order valence-corrected chi connectivity index (χ4v) is 2.01. The highest BCUT2D eigenvalue weighted by molar-refractivity contribution is 4.96. The minimum Gasteiger partial charge on any atom is -0.374 e. The van der Waals surface area contributed by atoms with E-state index in [1.165, 1.54) is 0 Å². The standard InChI is InChI=1S/C12H25N5O/c1-6-18-12(4,5)10(16-13)7-11-14-8-15-17(11)9(2)3/h8-10,16H,6-7,13H2,1-5H3. The van der Waals surface area contributed by atoms with Crippen molar-refractivity contribution in [2.24, 2.45) is 5.84 Å². The van der Waals surface area contributed by atoms with Crippen molar-refractivity contribution < 1.29 is 4.74 Å². The van der Waals surface area contributed by atoms with Gasteiger partial charge in [0.05, 0.1) is 11.6 Å². The van der Waals surface area contributed by atoms with Crippen LogP contribution in [0.4, 0.5) is 0 Å². The Bertz CT molecular complexity index is 361. The van der Waals surface area contributed by atoms with Gasteiger partial charge >= 0.3 is 0 Å². The maximum Gasteiger partial charge on any atom is 0.138 e. The fourth-order valence-electron chi connectivity index (χ4n) is 2.01. The molecule has 3 N–H and O–H groups in total. The van der Waals surface area contributed by atoms with Crippen LogP contribution in [0, 0.1) is 0 Å². The highest BCUT2D eigenvalue weighted by Crippen LogP contribution is 2.18.